The minimum absolute atomic E-state index is 0.0984. The first-order chi connectivity index (χ1) is 18.1. The number of methoxy groups -OCH3 is 1. The average molecular weight is 550 g/mol. The van der Waals surface area contributed by atoms with Crippen molar-refractivity contribution in [1.29, 1.82) is 0 Å². The van der Waals surface area contributed by atoms with Crippen LogP contribution >= 0.6 is 11.6 Å². The number of alkyl halides is 3. The van der Waals surface area contributed by atoms with Gasteiger partial charge in [-0.1, -0.05) is 54.9 Å². The molecule has 204 valence electrons. The van der Waals surface area contributed by atoms with Crippen molar-refractivity contribution < 1.29 is 32.5 Å². The second kappa shape index (κ2) is 13.5. The number of allylic oxidation sites excluding steroid dienone is 4. The first-order valence-electron chi connectivity index (χ1n) is 12.2. The minimum atomic E-state index is -4.53. The highest BCUT2D eigenvalue weighted by Crippen LogP contribution is 2.36. The number of hydrogen-bond acceptors (Lipinski definition) is 4. The SMILES string of the molecule is COc1ccc(C(C)CN(CCCOC2=CC=CC(=CC(=O)O)C2)Cc2cccc(C(F)(F)F)c2Cl)cc1. The monoisotopic (exact) mass is 549 g/mol. The molecule has 0 bridgehead atoms. The highest BCUT2D eigenvalue weighted by molar-refractivity contribution is 6.32. The summed E-state index contributed by atoms with van der Waals surface area (Å²) in [7, 11) is 1.60. The number of ether oxygens (including phenoxy) is 2. The second-order valence-electron chi connectivity index (χ2n) is 9.11. The zero-order valence-electron chi connectivity index (χ0n) is 21.3. The van der Waals surface area contributed by atoms with Gasteiger partial charge in [0.25, 0.3) is 0 Å². The van der Waals surface area contributed by atoms with Crippen LogP contribution in [0.25, 0.3) is 0 Å². The van der Waals surface area contributed by atoms with Gasteiger partial charge in [-0.15, -0.1) is 0 Å². The van der Waals surface area contributed by atoms with E-state index in [2.05, 4.69) is 11.8 Å². The Bertz CT molecular complexity index is 1190. The molecule has 1 aliphatic carbocycles. The Balaban J connectivity index is 1.68. The van der Waals surface area contributed by atoms with Crippen LogP contribution in [-0.4, -0.2) is 42.8 Å². The van der Waals surface area contributed by atoms with Gasteiger partial charge in [-0.3, -0.25) is 4.90 Å². The molecule has 5 nitrogen and oxygen atoms in total. The number of carbonyl (C=O) groups is 1. The van der Waals surface area contributed by atoms with Gasteiger partial charge in [0, 0.05) is 32.1 Å². The van der Waals surface area contributed by atoms with Crippen LogP contribution in [0.1, 0.15) is 42.4 Å². The van der Waals surface area contributed by atoms with E-state index in [0.717, 1.165) is 23.5 Å². The van der Waals surface area contributed by atoms with Crippen LogP contribution in [0.4, 0.5) is 13.2 Å². The molecule has 1 atom stereocenters. The van der Waals surface area contributed by atoms with Gasteiger partial charge in [0.15, 0.2) is 0 Å². The summed E-state index contributed by atoms with van der Waals surface area (Å²) in [5.74, 6) is 0.500. The maximum atomic E-state index is 13.4. The summed E-state index contributed by atoms with van der Waals surface area (Å²) >= 11 is 6.19. The molecule has 2 aromatic carbocycles. The quantitative estimate of drug-likeness (QED) is 0.223. The van der Waals surface area contributed by atoms with Crippen LogP contribution in [0.15, 0.2) is 78.1 Å². The number of rotatable bonds is 12. The summed E-state index contributed by atoms with van der Waals surface area (Å²) in [6, 6.07) is 11.7. The predicted octanol–water partition coefficient (Wildman–Crippen LogP) is 7.23. The molecule has 0 radical (unpaired) electrons. The third-order valence-electron chi connectivity index (χ3n) is 6.18. The number of halogens is 4. The number of hydrogen-bond donors (Lipinski definition) is 1. The highest BCUT2D eigenvalue weighted by Gasteiger charge is 2.34. The maximum absolute atomic E-state index is 13.4. The Labute approximate surface area is 225 Å². The van der Waals surface area contributed by atoms with Crippen molar-refractivity contribution in [3.8, 4) is 5.75 Å². The lowest BCUT2D eigenvalue weighted by Crippen LogP contribution is -2.29. The molecular weight excluding hydrogens is 519 g/mol. The molecule has 0 amide bonds. The maximum Gasteiger partial charge on any atom is 0.417 e. The molecule has 0 spiro atoms. The van der Waals surface area contributed by atoms with Gasteiger partial charge in [-0.25, -0.2) is 4.79 Å². The standard InChI is InChI=1S/C29H31ClF3NO4/c1-20(22-10-12-24(37-2)13-11-22)18-34(19-23-7-4-9-26(28(23)30)29(31,32)33)14-5-15-38-25-8-3-6-21(16-25)17-27(35)36/h3-4,6-13,17,20H,5,14-16,18-19H2,1-2H3,(H,35,36). The average Bonchev–Trinajstić information content (AvgIpc) is 2.87. The third kappa shape index (κ3) is 8.67. The number of aliphatic carboxylic acids is 1. The minimum Gasteiger partial charge on any atom is -0.498 e. The van der Waals surface area contributed by atoms with Crippen LogP contribution in [0.2, 0.25) is 5.02 Å². The van der Waals surface area contributed by atoms with Crippen molar-refractivity contribution in [2.24, 2.45) is 0 Å². The zero-order valence-corrected chi connectivity index (χ0v) is 22.1. The van der Waals surface area contributed by atoms with E-state index >= 15 is 0 Å². The normalized spacial score (nSPS) is 15.4. The van der Waals surface area contributed by atoms with Gasteiger partial charge < -0.3 is 14.6 Å². The number of carboxylic acids is 1. The van der Waals surface area contributed by atoms with Gasteiger partial charge in [-0.05, 0) is 53.3 Å². The van der Waals surface area contributed by atoms with Gasteiger partial charge in [0.05, 0.1) is 24.3 Å². The molecule has 0 aliphatic heterocycles. The fourth-order valence-corrected chi connectivity index (χ4v) is 4.56. The van der Waals surface area contributed by atoms with Crippen LogP contribution in [0.3, 0.4) is 0 Å². The lowest BCUT2D eigenvalue weighted by Gasteiger charge is -2.27. The first-order valence-corrected chi connectivity index (χ1v) is 12.6. The Hall–Kier alpha value is -3.23. The molecule has 1 unspecified atom stereocenters. The molecule has 0 aromatic heterocycles. The van der Waals surface area contributed by atoms with Crippen LogP contribution in [0, 0.1) is 0 Å². The fourth-order valence-electron chi connectivity index (χ4n) is 4.27. The molecule has 0 fully saturated rings. The van der Waals surface area contributed by atoms with Crippen LogP contribution in [0.5, 0.6) is 5.75 Å². The van der Waals surface area contributed by atoms with E-state index in [9.17, 15) is 18.0 Å². The van der Waals surface area contributed by atoms with E-state index in [1.807, 2.05) is 24.3 Å². The Kier molecular flexibility index (Phi) is 10.4. The van der Waals surface area contributed by atoms with E-state index in [4.69, 9.17) is 26.2 Å². The zero-order chi connectivity index (χ0) is 27.7. The number of nitrogens with zero attached hydrogens (tertiary/aromatic N) is 1. The summed E-state index contributed by atoms with van der Waals surface area (Å²) in [6.07, 6.45) is 2.89. The largest absolute Gasteiger partial charge is 0.498 e. The predicted molar refractivity (Wildman–Crippen MR) is 141 cm³/mol. The van der Waals surface area contributed by atoms with Gasteiger partial charge >= 0.3 is 12.1 Å². The van der Waals surface area contributed by atoms with E-state index in [0.29, 0.717) is 49.4 Å². The summed E-state index contributed by atoms with van der Waals surface area (Å²) in [5, 5.41) is 8.67. The van der Waals surface area contributed by atoms with Crippen molar-refractivity contribution in [2.45, 2.75) is 38.4 Å². The number of benzene rings is 2. The lowest BCUT2D eigenvalue weighted by atomic mass is 10.00. The third-order valence-corrected chi connectivity index (χ3v) is 6.63. The van der Waals surface area contributed by atoms with Crippen molar-refractivity contribution in [2.75, 3.05) is 26.8 Å². The fraction of sp³-hybridized carbons (Fsp3) is 0.345. The molecule has 0 saturated carbocycles. The summed E-state index contributed by atoms with van der Waals surface area (Å²) in [5.41, 5.74) is 1.29. The number of carboxylic acid groups (broad SMARTS) is 1. The van der Waals surface area contributed by atoms with Crippen molar-refractivity contribution in [3.63, 3.8) is 0 Å². The summed E-state index contributed by atoms with van der Waals surface area (Å²) in [6.45, 7) is 3.85. The van der Waals surface area contributed by atoms with E-state index in [-0.39, 0.29) is 17.5 Å². The molecule has 3 rings (SSSR count). The lowest BCUT2D eigenvalue weighted by molar-refractivity contribution is -0.137. The van der Waals surface area contributed by atoms with Crippen LogP contribution in [-0.2, 0) is 22.3 Å². The van der Waals surface area contributed by atoms with Gasteiger partial charge in [0.1, 0.15) is 11.5 Å². The van der Waals surface area contributed by atoms with E-state index in [1.165, 1.54) is 6.07 Å². The topological polar surface area (TPSA) is 59.0 Å². The van der Waals surface area contributed by atoms with Gasteiger partial charge in [0.2, 0.25) is 0 Å². The first kappa shape index (κ1) is 29.3. The van der Waals surface area contributed by atoms with E-state index < -0.39 is 17.7 Å². The summed E-state index contributed by atoms with van der Waals surface area (Å²) in [4.78, 5) is 13.0. The Morgan fingerprint density at radius 2 is 1.95 bits per heavy atom. The Morgan fingerprint density at radius 3 is 2.61 bits per heavy atom. The summed E-state index contributed by atoms with van der Waals surface area (Å²) < 4.78 is 51.3. The second-order valence-corrected chi connectivity index (χ2v) is 9.49. The van der Waals surface area contributed by atoms with Crippen molar-refractivity contribution in [3.05, 3.63) is 99.8 Å². The highest BCUT2D eigenvalue weighted by atomic mass is 35.5. The smallest absolute Gasteiger partial charge is 0.417 e. The molecule has 1 N–H and O–H groups in total. The van der Waals surface area contributed by atoms with Crippen LogP contribution < -0.4 is 4.74 Å². The molecule has 0 heterocycles. The molecular formula is C29H31ClF3NO4. The molecule has 38 heavy (non-hydrogen) atoms. The van der Waals surface area contributed by atoms with Crippen molar-refractivity contribution >= 4 is 17.6 Å². The molecule has 0 saturated heterocycles. The molecule has 9 heteroatoms. The van der Waals surface area contributed by atoms with Crippen molar-refractivity contribution in [1.82, 2.24) is 4.90 Å². The Morgan fingerprint density at radius 1 is 1.21 bits per heavy atom. The van der Waals surface area contributed by atoms with Gasteiger partial charge in [-0.2, -0.15) is 13.2 Å². The van der Waals surface area contributed by atoms with E-state index in [1.54, 1.807) is 31.4 Å². The molecule has 1 aliphatic rings. The molecule has 2 aromatic rings.